The van der Waals surface area contributed by atoms with E-state index < -0.39 is 5.41 Å². The summed E-state index contributed by atoms with van der Waals surface area (Å²) < 4.78 is 2.48. The molecule has 8 heteroatoms. The van der Waals surface area contributed by atoms with Crippen LogP contribution < -0.4 is 10.6 Å². The van der Waals surface area contributed by atoms with Gasteiger partial charge in [-0.25, -0.2) is 4.68 Å². The van der Waals surface area contributed by atoms with Gasteiger partial charge in [-0.05, 0) is 31.5 Å². The van der Waals surface area contributed by atoms with Gasteiger partial charge in [-0.2, -0.15) is 5.10 Å². The summed E-state index contributed by atoms with van der Waals surface area (Å²) in [6, 6.07) is 3.62. The number of hydrogen-bond acceptors (Lipinski definition) is 3. The van der Waals surface area contributed by atoms with Crippen molar-refractivity contribution in [1.82, 2.24) is 9.78 Å². The van der Waals surface area contributed by atoms with Crippen molar-refractivity contribution in [3.63, 3.8) is 0 Å². The van der Waals surface area contributed by atoms with Crippen LogP contribution in [0.3, 0.4) is 0 Å². The molecule has 24 heavy (non-hydrogen) atoms. The molecule has 1 atom stereocenters. The van der Waals surface area contributed by atoms with Crippen LogP contribution in [0.5, 0.6) is 0 Å². The molecule has 124 valence electrons. The van der Waals surface area contributed by atoms with Gasteiger partial charge in [0.05, 0.1) is 16.9 Å². The van der Waals surface area contributed by atoms with Crippen molar-refractivity contribution >= 4 is 50.9 Å². The molecule has 2 aliphatic heterocycles. The Bertz CT molecular complexity index is 908. The summed E-state index contributed by atoms with van der Waals surface area (Å²) in [4.78, 5) is 25.4. The second kappa shape index (κ2) is 5.07. The Labute approximate surface area is 151 Å². The van der Waals surface area contributed by atoms with Crippen LogP contribution in [0.2, 0.25) is 5.02 Å². The predicted octanol–water partition coefficient (Wildman–Crippen LogP) is 3.46. The maximum absolute atomic E-state index is 13.0. The van der Waals surface area contributed by atoms with Gasteiger partial charge in [0.1, 0.15) is 11.2 Å². The number of hydrogen-bond donors (Lipinski definition) is 2. The van der Waals surface area contributed by atoms with E-state index in [0.717, 1.165) is 4.47 Å². The number of rotatable bonds is 1. The maximum atomic E-state index is 13.0. The molecule has 1 aromatic heterocycles. The summed E-state index contributed by atoms with van der Waals surface area (Å²) in [7, 11) is 0. The highest BCUT2D eigenvalue weighted by atomic mass is 79.9. The van der Waals surface area contributed by atoms with Crippen molar-refractivity contribution in [2.75, 3.05) is 10.6 Å². The first-order chi connectivity index (χ1) is 11.3. The lowest BCUT2D eigenvalue weighted by atomic mass is 9.72. The Morgan fingerprint density at radius 2 is 2.04 bits per heavy atom. The number of halogens is 2. The largest absolute Gasteiger partial charge is 0.323 e. The Hall–Kier alpha value is -1.86. The van der Waals surface area contributed by atoms with E-state index >= 15 is 0 Å². The minimum Gasteiger partial charge on any atom is -0.323 e. The third-order valence-electron chi connectivity index (χ3n) is 4.57. The van der Waals surface area contributed by atoms with Gasteiger partial charge >= 0.3 is 0 Å². The molecule has 0 aliphatic carbocycles. The molecule has 2 aromatic rings. The quantitative estimate of drug-likeness (QED) is 0.757. The molecule has 0 radical (unpaired) electrons. The Morgan fingerprint density at radius 3 is 2.75 bits per heavy atom. The van der Waals surface area contributed by atoms with Crippen molar-refractivity contribution in [1.29, 1.82) is 0 Å². The van der Waals surface area contributed by atoms with Crippen molar-refractivity contribution in [2.45, 2.75) is 31.7 Å². The minimum atomic E-state index is -1.10. The topological polar surface area (TPSA) is 76.0 Å². The minimum absolute atomic E-state index is 0.0232. The molecule has 1 aromatic carbocycles. The van der Waals surface area contributed by atoms with Crippen molar-refractivity contribution in [3.05, 3.63) is 39.0 Å². The summed E-state index contributed by atoms with van der Waals surface area (Å²) in [5.41, 5.74) is 0.850. The lowest BCUT2D eigenvalue weighted by molar-refractivity contribution is -0.125. The van der Waals surface area contributed by atoms with Crippen LogP contribution in [0.25, 0.3) is 0 Å². The zero-order valence-corrected chi connectivity index (χ0v) is 15.3. The van der Waals surface area contributed by atoms with Crippen LogP contribution >= 0.6 is 27.5 Å². The molecule has 2 aliphatic rings. The first kappa shape index (κ1) is 15.7. The zero-order chi connectivity index (χ0) is 17.2. The lowest BCUT2D eigenvalue weighted by Crippen LogP contribution is -2.43. The van der Waals surface area contributed by atoms with Crippen LogP contribution in [0.15, 0.2) is 22.8 Å². The van der Waals surface area contributed by atoms with Gasteiger partial charge in [-0.1, -0.05) is 27.5 Å². The van der Waals surface area contributed by atoms with E-state index in [4.69, 9.17) is 11.6 Å². The number of nitrogens with one attached hydrogen (secondary N) is 2. The molecule has 0 unspecified atom stereocenters. The van der Waals surface area contributed by atoms with Crippen LogP contribution in [-0.2, 0) is 15.0 Å². The Kier molecular flexibility index (Phi) is 3.30. The van der Waals surface area contributed by atoms with Crippen molar-refractivity contribution < 1.29 is 9.59 Å². The molecule has 0 saturated carbocycles. The van der Waals surface area contributed by atoms with Crippen LogP contribution in [-0.4, -0.2) is 21.6 Å². The van der Waals surface area contributed by atoms with Gasteiger partial charge < -0.3 is 10.6 Å². The first-order valence-corrected chi connectivity index (χ1v) is 8.70. The average Bonchev–Trinajstić information content (AvgIpc) is 3.02. The summed E-state index contributed by atoms with van der Waals surface area (Å²) in [5, 5.41) is 10.5. The van der Waals surface area contributed by atoms with Crippen LogP contribution in [0.4, 0.5) is 11.5 Å². The summed E-state index contributed by atoms with van der Waals surface area (Å²) in [5.74, 6) is 0.0984. The first-order valence-electron chi connectivity index (χ1n) is 7.53. The molecule has 2 amide bonds. The number of carbonyl (C=O) groups is 2. The van der Waals surface area contributed by atoms with Crippen LogP contribution in [0, 0.1) is 0 Å². The van der Waals surface area contributed by atoms with Gasteiger partial charge in [0.2, 0.25) is 11.8 Å². The summed E-state index contributed by atoms with van der Waals surface area (Å²) >= 11 is 9.72. The maximum Gasteiger partial charge on any atom is 0.240 e. The van der Waals surface area contributed by atoms with E-state index in [2.05, 4.69) is 31.7 Å². The van der Waals surface area contributed by atoms with E-state index in [9.17, 15) is 9.59 Å². The molecule has 3 heterocycles. The molecule has 1 spiro atoms. The standard InChI is InChI=1S/C16H14BrClN4O2/c1-7(2)22-14-10(6-19-22)16(5-12(23)20-14)9-3-8(17)4-11(18)13(9)21-15(16)24/h3-4,6-7H,5H2,1-2H3,(H,20,23)(H,21,24)/t16-/m0/s1. The van der Waals surface area contributed by atoms with Gasteiger partial charge in [0, 0.05) is 22.5 Å². The molecule has 0 bridgehead atoms. The summed E-state index contributed by atoms with van der Waals surface area (Å²) in [6.07, 6.45) is 1.69. The number of benzene rings is 1. The Morgan fingerprint density at radius 1 is 1.29 bits per heavy atom. The highest BCUT2D eigenvalue weighted by Gasteiger charge is 2.55. The summed E-state index contributed by atoms with van der Waals surface area (Å²) in [6.45, 7) is 3.94. The fourth-order valence-corrected chi connectivity index (χ4v) is 4.38. The fraction of sp³-hybridized carbons (Fsp3) is 0.312. The smallest absolute Gasteiger partial charge is 0.240 e. The van der Waals surface area contributed by atoms with Crippen molar-refractivity contribution in [2.24, 2.45) is 0 Å². The highest BCUT2D eigenvalue weighted by molar-refractivity contribution is 9.10. The number of carbonyl (C=O) groups excluding carboxylic acids is 2. The number of aromatic nitrogens is 2. The number of anilines is 2. The molecule has 0 saturated heterocycles. The molecular weight excluding hydrogens is 396 g/mol. The third-order valence-corrected chi connectivity index (χ3v) is 5.32. The van der Waals surface area contributed by atoms with Crippen molar-refractivity contribution in [3.8, 4) is 0 Å². The normalized spacial score (nSPS) is 21.7. The third kappa shape index (κ3) is 1.91. The zero-order valence-electron chi connectivity index (χ0n) is 13.0. The van der Waals surface area contributed by atoms with Gasteiger partial charge in [-0.15, -0.1) is 0 Å². The number of amides is 2. The van der Waals surface area contributed by atoms with E-state index in [-0.39, 0.29) is 24.3 Å². The molecule has 6 nitrogen and oxygen atoms in total. The second-order valence-electron chi connectivity index (χ2n) is 6.34. The van der Waals surface area contributed by atoms with Gasteiger partial charge in [0.15, 0.2) is 0 Å². The molecular formula is C16H14BrClN4O2. The molecule has 4 rings (SSSR count). The Balaban J connectivity index is 2.04. The fourth-order valence-electron chi connectivity index (χ4n) is 3.53. The highest BCUT2D eigenvalue weighted by Crippen LogP contribution is 2.52. The SMILES string of the molecule is CC(C)n1ncc2c1NC(=O)C[C@@]21C(=O)Nc2c(Cl)cc(Br)cc21. The number of fused-ring (bicyclic) bond motifs is 4. The van der Waals surface area contributed by atoms with Gasteiger partial charge in [0.25, 0.3) is 0 Å². The predicted molar refractivity (Wildman–Crippen MR) is 94.4 cm³/mol. The molecule has 0 fully saturated rings. The molecule has 2 N–H and O–H groups in total. The van der Waals surface area contributed by atoms with E-state index in [1.54, 1.807) is 16.9 Å². The van der Waals surface area contributed by atoms with Crippen LogP contribution in [0.1, 0.15) is 37.4 Å². The lowest BCUT2D eigenvalue weighted by Gasteiger charge is -2.32. The van der Waals surface area contributed by atoms with Gasteiger partial charge in [-0.3, -0.25) is 9.59 Å². The van der Waals surface area contributed by atoms with E-state index in [0.29, 0.717) is 27.7 Å². The monoisotopic (exact) mass is 408 g/mol. The van der Waals surface area contributed by atoms with E-state index in [1.807, 2.05) is 19.9 Å². The van der Waals surface area contributed by atoms with E-state index in [1.165, 1.54) is 0 Å². The number of nitrogens with zero attached hydrogens (tertiary/aromatic N) is 2. The second-order valence-corrected chi connectivity index (χ2v) is 7.66. The average molecular weight is 410 g/mol.